The first-order chi connectivity index (χ1) is 9.77. The van der Waals surface area contributed by atoms with Gasteiger partial charge in [0.1, 0.15) is 5.54 Å². The second-order valence-corrected chi connectivity index (χ2v) is 6.88. The molecule has 1 saturated heterocycles. The molecule has 0 amide bonds. The number of hydrogen-bond donors (Lipinski definition) is 2. The smallest absolute Gasteiger partial charge is 0.323 e. The lowest BCUT2D eigenvalue weighted by molar-refractivity contribution is -0.145. The average molecular weight is 299 g/mol. The summed E-state index contributed by atoms with van der Waals surface area (Å²) in [6.07, 6.45) is 2.25. The summed E-state index contributed by atoms with van der Waals surface area (Å²) < 4.78 is 0. The van der Waals surface area contributed by atoms with Gasteiger partial charge in [-0.05, 0) is 53.2 Å². The standard InChI is InChI=1S/C16H33N3O2/c1-6-16(14(20)21,17-7-2)9-8-10-19-12-11-18(5)15(3,4)13-19/h17H,6-13H2,1-5H3,(H,20,21). The van der Waals surface area contributed by atoms with E-state index in [9.17, 15) is 9.90 Å². The van der Waals surface area contributed by atoms with Crippen LogP contribution in [0, 0.1) is 0 Å². The van der Waals surface area contributed by atoms with Crippen LogP contribution in [0.5, 0.6) is 0 Å². The average Bonchev–Trinajstić information content (AvgIpc) is 2.41. The minimum atomic E-state index is -0.753. The maximum atomic E-state index is 11.6. The summed E-state index contributed by atoms with van der Waals surface area (Å²) in [4.78, 5) is 16.5. The molecule has 1 aliphatic heterocycles. The molecule has 0 spiro atoms. The maximum Gasteiger partial charge on any atom is 0.323 e. The number of nitrogens with one attached hydrogen (secondary N) is 1. The Bertz CT molecular complexity index is 346. The molecule has 2 N–H and O–H groups in total. The molecule has 0 radical (unpaired) electrons. The molecule has 1 atom stereocenters. The number of nitrogens with zero attached hydrogens (tertiary/aromatic N) is 2. The molecule has 1 fully saturated rings. The van der Waals surface area contributed by atoms with Crippen LogP contribution in [-0.2, 0) is 4.79 Å². The van der Waals surface area contributed by atoms with Crippen LogP contribution in [0.25, 0.3) is 0 Å². The Balaban J connectivity index is 2.49. The number of piperazine rings is 1. The van der Waals surface area contributed by atoms with Crippen molar-refractivity contribution >= 4 is 5.97 Å². The Labute approximate surface area is 129 Å². The highest BCUT2D eigenvalue weighted by Crippen LogP contribution is 2.21. The van der Waals surface area contributed by atoms with Gasteiger partial charge in [0, 0.05) is 25.2 Å². The van der Waals surface area contributed by atoms with Gasteiger partial charge in [0.15, 0.2) is 0 Å². The van der Waals surface area contributed by atoms with Gasteiger partial charge in [0.25, 0.3) is 0 Å². The number of carboxylic acid groups (broad SMARTS) is 1. The van der Waals surface area contributed by atoms with Crippen LogP contribution >= 0.6 is 0 Å². The third-order valence-electron chi connectivity index (χ3n) is 5.00. The van der Waals surface area contributed by atoms with Crippen LogP contribution in [0.2, 0.25) is 0 Å². The van der Waals surface area contributed by atoms with E-state index in [0.717, 1.165) is 32.6 Å². The monoisotopic (exact) mass is 299 g/mol. The predicted octanol–water partition coefficient (Wildman–Crippen LogP) is 1.64. The summed E-state index contributed by atoms with van der Waals surface area (Å²) in [6.45, 7) is 13.4. The van der Waals surface area contributed by atoms with Crippen molar-refractivity contribution in [2.24, 2.45) is 0 Å². The van der Waals surface area contributed by atoms with Crippen LogP contribution in [0.4, 0.5) is 0 Å². The zero-order valence-corrected chi connectivity index (χ0v) is 14.4. The summed E-state index contributed by atoms with van der Waals surface area (Å²) in [6, 6.07) is 0. The molecular formula is C16H33N3O2. The van der Waals surface area contributed by atoms with Crippen molar-refractivity contribution in [3.63, 3.8) is 0 Å². The minimum Gasteiger partial charge on any atom is -0.480 e. The molecule has 0 saturated carbocycles. The van der Waals surface area contributed by atoms with Crippen molar-refractivity contribution in [1.82, 2.24) is 15.1 Å². The van der Waals surface area contributed by atoms with E-state index in [1.807, 2.05) is 13.8 Å². The van der Waals surface area contributed by atoms with Gasteiger partial charge in [-0.25, -0.2) is 0 Å². The highest BCUT2D eigenvalue weighted by molar-refractivity contribution is 5.78. The number of carboxylic acids is 1. The zero-order valence-electron chi connectivity index (χ0n) is 14.4. The largest absolute Gasteiger partial charge is 0.480 e. The van der Waals surface area contributed by atoms with E-state index in [-0.39, 0.29) is 5.54 Å². The molecule has 5 nitrogen and oxygen atoms in total. The fourth-order valence-electron chi connectivity index (χ4n) is 3.20. The number of hydrogen-bond acceptors (Lipinski definition) is 4. The van der Waals surface area contributed by atoms with E-state index in [1.165, 1.54) is 0 Å². The van der Waals surface area contributed by atoms with E-state index >= 15 is 0 Å². The lowest BCUT2D eigenvalue weighted by Gasteiger charge is -2.45. The first-order valence-corrected chi connectivity index (χ1v) is 8.19. The quantitative estimate of drug-likeness (QED) is 0.713. The van der Waals surface area contributed by atoms with Gasteiger partial charge in [-0.3, -0.25) is 9.69 Å². The molecule has 21 heavy (non-hydrogen) atoms. The number of carbonyl (C=O) groups is 1. The normalized spacial score (nSPS) is 22.9. The molecule has 0 bridgehead atoms. The summed E-state index contributed by atoms with van der Waals surface area (Å²) in [5, 5.41) is 12.7. The molecular weight excluding hydrogens is 266 g/mol. The Morgan fingerprint density at radius 3 is 2.48 bits per heavy atom. The number of rotatable bonds is 8. The first kappa shape index (κ1) is 18.4. The third kappa shape index (κ3) is 4.66. The van der Waals surface area contributed by atoms with Gasteiger partial charge in [-0.15, -0.1) is 0 Å². The van der Waals surface area contributed by atoms with E-state index in [1.54, 1.807) is 0 Å². The molecule has 124 valence electrons. The lowest BCUT2D eigenvalue weighted by atomic mass is 9.90. The van der Waals surface area contributed by atoms with Crippen molar-refractivity contribution in [2.45, 2.75) is 58.0 Å². The van der Waals surface area contributed by atoms with E-state index < -0.39 is 11.5 Å². The second-order valence-electron chi connectivity index (χ2n) is 6.88. The Morgan fingerprint density at radius 2 is 2.00 bits per heavy atom. The second kappa shape index (κ2) is 7.56. The zero-order chi connectivity index (χ0) is 16.1. The van der Waals surface area contributed by atoms with Crippen LogP contribution in [-0.4, -0.2) is 71.7 Å². The van der Waals surface area contributed by atoms with Crippen molar-refractivity contribution < 1.29 is 9.90 Å². The summed E-state index contributed by atoms with van der Waals surface area (Å²) in [5.74, 6) is -0.717. The number of likely N-dealkylation sites (N-methyl/N-ethyl adjacent to an activating group) is 2. The first-order valence-electron chi connectivity index (χ1n) is 8.19. The topological polar surface area (TPSA) is 55.8 Å². The molecule has 5 heteroatoms. The minimum absolute atomic E-state index is 0.203. The molecule has 0 aromatic heterocycles. The van der Waals surface area contributed by atoms with Crippen LogP contribution in [0.15, 0.2) is 0 Å². The van der Waals surface area contributed by atoms with E-state index in [4.69, 9.17) is 0 Å². The molecule has 1 heterocycles. The van der Waals surface area contributed by atoms with Crippen molar-refractivity contribution in [3.8, 4) is 0 Å². The summed E-state index contributed by atoms with van der Waals surface area (Å²) >= 11 is 0. The summed E-state index contributed by atoms with van der Waals surface area (Å²) in [5.41, 5.74) is -0.550. The van der Waals surface area contributed by atoms with Gasteiger partial charge in [0.2, 0.25) is 0 Å². The van der Waals surface area contributed by atoms with Crippen molar-refractivity contribution in [3.05, 3.63) is 0 Å². The molecule has 1 rings (SSSR count). The van der Waals surface area contributed by atoms with Crippen molar-refractivity contribution in [2.75, 3.05) is 39.8 Å². The van der Waals surface area contributed by atoms with Crippen molar-refractivity contribution in [1.29, 1.82) is 0 Å². The highest BCUT2D eigenvalue weighted by Gasteiger charge is 2.36. The van der Waals surface area contributed by atoms with E-state index in [0.29, 0.717) is 19.4 Å². The Kier molecular flexibility index (Phi) is 6.63. The van der Waals surface area contributed by atoms with E-state index in [2.05, 4.69) is 36.0 Å². The summed E-state index contributed by atoms with van der Waals surface area (Å²) in [7, 11) is 2.18. The molecule has 0 aromatic rings. The molecule has 0 aliphatic carbocycles. The highest BCUT2D eigenvalue weighted by atomic mass is 16.4. The van der Waals surface area contributed by atoms with Gasteiger partial charge < -0.3 is 15.3 Å². The predicted molar refractivity (Wildman–Crippen MR) is 86.7 cm³/mol. The third-order valence-corrected chi connectivity index (χ3v) is 5.00. The maximum absolute atomic E-state index is 11.6. The molecule has 1 aliphatic rings. The lowest BCUT2D eigenvalue weighted by Crippen LogP contribution is -2.58. The Morgan fingerprint density at radius 1 is 1.33 bits per heavy atom. The fraction of sp³-hybridized carbons (Fsp3) is 0.938. The van der Waals surface area contributed by atoms with Gasteiger partial charge in [-0.1, -0.05) is 13.8 Å². The molecule has 0 aromatic carbocycles. The van der Waals surface area contributed by atoms with Gasteiger partial charge >= 0.3 is 5.97 Å². The fourth-order valence-corrected chi connectivity index (χ4v) is 3.20. The van der Waals surface area contributed by atoms with Crippen LogP contribution in [0.1, 0.15) is 47.0 Å². The number of aliphatic carboxylic acids is 1. The Hall–Kier alpha value is -0.650. The molecule has 1 unspecified atom stereocenters. The SMILES string of the molecule is CCNC(CC)(CCCN1CCN(C)C(C)(C)C1)C(=O)O. The van der Waals surface area contributed by atoms with Crippen LogP contribution in [0.3, 0.4) is 0 Å². The van der Waals surface area contributed by atoms with Gasteiger partial charge in [-0.2, -0.15) is 0 Å². The van der Waals surface area contributed by atoms with Gasteiger partial charge in [0.05, 0.1) is 0 Å². The van der Waals surface area contributed by atoms with Crippen LogP contribution < -0.4 is 5.32 Å².